The second-order valence-corrected chi connectivity index (χ2v) is 4.88. The minimum Gasteiger partial charge on any atom is -0.379 e. The largest absolute Gasteiger partial charge is 0.379 e. The minimum absolute atomic E-state index is 0.0211. The maximum atomic E-state index is 12.6. The lowest BCUT2D eigenvalue weighted by atomic mass is 10.0. The molecular weight excluding hydrogens is 254 g/mol. The number of nitrogens with zero attached hydrogens (tertiary/aromatic N) is 2. The van der Waals surface area contributed by atoms with Gasteiger partial charge in [-0.15, -0.1) is 0 Å². The standard InChI is InChI=1S/C15H19N3O2/c1-17-14-11-20-10-13(14)15(19)18(8-7-16)9-12-5-3-2-4-6-12/h2-6,13-14,17H,8-11H2,1H3. The molecule has 1 N–H and O–H groups in total. The lowest BCUT2D eigenvalue weighted by Crippen LogP contribution is -2.44. The van der Waals surface area contributed by atoms with Crippen molar-refractivity contribution >= 4 is 5.91 Å². The lowest BCUT2D eigenvalue weighted by Gasteiger charge is -2.25. The molecule has 1 heterocycles. The summed E-state index contributed by atoms with van der Waals surface area (Å²) in [5.74, 6) is -0.232. The molecule has 106 valence electrons. The first-order valence-electron chi connectivity index (χ1n) is 6.71. The topological polar surface area (TPSA) is 65.4 Å². The van der Waals surface area contributed by atoms with E-state index < -0.39 is 0 Å². The van der Waals surface area contributed by atoms with Gasteiger partial charge in [-0.1, -0.05) is 30.3 Å². The number of hydrogen-bond donors (Lipinski definition) is 1. The van der Waals surface area contributed by atoms with Gasteiger partial charge >= 0.3 is 0 Å². The fourth-order valence-corrected chi connectivity index (χ4v) is 2.42. The first-order valence-corrected chi connectivity index (χ1v) is 6.71. The van der Waals surface area contributed by atoms with Crippen molar-refractivity contribution in [3.05, 3.63) is 35.9 Å². The SMILES string of the molecule is CNC1COCC1C(=O)N(CC#N)Cc1ccccc1. The van der Waals surface area contributed by atoms with Crippen molar-refractivity contribution in [3.8, 4) is 6.07 Å². The van der Waals surface area contributed by atoms with E-state index in [0.29, 0.717) is 19.8 Å². The summed E-state index contributed by atoms with van der Waals surface area (Å²) in [4.78, 5) is 14.2. The van der Waals surface area contributed by atoms with Crippen LogP contribution in [0.4, 0.5) is 0 Å². The van der Waals surface area contributed by atoms with E-state index in [1.54, 1.807) is 4.90 Å². The molecule has 1 aliphatic rings. The summed E-state index contributed by atoms with van der Waals surface area (Å²) in [6.07, 6.45) is 0. The van der Waals surface area contributed by atoms with Crippen LogP contribution in [-0.2, 0) is 16.1 Å². The molecule has 1 aliphatic heterocycles. The molecule has 0 bridgehead atoms. The Labute approximate surface area is 119 Å². The number of nitriles is 1. The molecule has 0 aliphatic carbocycles. The number of nitrogens with one attached hydrogen (secondary N) is 1. The summed E-state index contributed by atoms with van der Waals surface area (Å²) in [5, 5.41) is 12.0. The molecule has 1 aromatic carbocycles. The summed E-state index contributed by atoms with van der Waals surface area (Å²) >= 11 is 0. The van der Waals surface area contributed by atoms with Crippen LogP contribution in [0.25, 0.3) is 0 Å². The van der Waals surface area contributed by atoms with E-state index in [9.17, 15) is 4.79 Å². The highest BCUT2D eigenvalue weighted by atomic mass is 16.5. The molecular formula is C15H19N3O2. The van der Waals surface area contributed by atoms with Gasteiger partial charge in [-0.3, -0.25) is 4.79 Å². The molecule has 1 aromatic rings. The highest BCUT2D eigenvalue weighted by molar-refractivity contribution is 5.80. The van der Waals surface area contributed by atoms with Crippen molar-refractivity contribution in [2.45, 2.75) is 12.6 Å². The van der Waals surface area contributed by atoms with Gasteiger partial charge in [-0.05, 0) is 12.6 Å². The molecule has 1 amide bonds. The van der Waals surface area contributed by atoms with Crippen LogP contribution in [0.1, 0.15) is 5.56 Å². The normalized spacial score (nSPS) is 21.4. The van der Waals surface area contributed by atoms with Crippen LogP contribution in [0.5, 0.6) is 0 Å². The van der Waals surface area contributed by atoms with Crippen LogP contribution >= 0.6 is 0 Å². The fourth-order valence-electron chi connectivity index (χ4n) is 2.42. The quantitative estimate of drug-likeness (QED) is 0.805. The van der Waals surface area contributed by atoms with Crippen LogP contribution < -0.4 is 5.32 Å². The zero-order valence-electron chi connectivity index (χ0n) is 11.6. The van der Waals surface area contributed by atoms with Crippen LogP contribution in [-0.4, -0.2) is 43.7 Å². The van der Waals surface area contributed by atoms with E-state index >= 15 is 0 Å². The van der Waals surface area contributed by atoms with Crippen LogP contribution in [0, 0.1) is 17.2 Å². The third-order valence-electron chi connectivity index (χ3n) is 3.56. The fraction of sp³-hybridized carbons (Fsp3) is 0.467. The van der Waals surface area contributed by atoms with E-state index in [1.807, 2.05) is 37.4 Å². The average molecular weight is 273 g/mol. The third-order valence-corrected chi connectivity index (χ3v) is 3.56. The maximum Gasteiger partial charge on any atom is 0.230 e. The molecule has 1 fully saturated rings. The zero-order valence-corrected chi connectivity index (χ0v) is 11.6. The molecule has 0 saturated carbocycles. The van der Waals surface area contributed by atoms with Gasteiger partial charge < -0.3 is 15.0 Å². The number of benzene rings is 1. The van der Waals surface area contributed by atoms with Gasteiger partial charge in [0, 0.05) is 12.6 Å². The first kappa shape index (κ1) is 14.5. The van der Waals surface area contributed by atoms with Crippen molar-refractivity contribution in [1.82, 2.24) is 10.2 Å². The second-order valence-electron chi connectivity index (χ2n) is 4.88. The third kappa shape index (κ3) is 3.35. The number of likely N-dealkylation sites (N-methyl/N-ethyl adjacent to an activating group) is 1. The lowest BCUT2D eigenvalue weighted by molar-refractivity contribution is -0.136. The summed E-state index contributed by atoms with van der Waals surface area (Å²) < 4.78 is 5.37. The van der Waals surface area contributed by atoms with Crippen molar-refractivity contribution in [2.24, 2.45) is 5.92 Å². The van der Waals surface area contributed by atoms with Gasteiger partial charge in [-0.25, -0.2) is 0 Å². The molecule has 2 atom stereocenters. The molecule has 2 rings (SSSR count). The molecule has 1 saturated heterocycles. The first-order chi connectivity index (χ1) is 9.76. The summed E-state index contributed by atoms with van der Waals surface area (Å²) in [6, 6.07) is 11.8. The van der Waals surface area contributed by atoms with Crippen LogP contribution in [0.15, 0.2) is 30.3 Å². The molecule has 0 spiro atoms. The highest BCUT2D eigenvalue weighted by Gasteiger charge is 2.35. The Kier molecular flexibility index (Phi) is 5.10. The summed E-state index contributed by atoms with van der Waals surface area (Å²) in [6.45, 7) is 1.51. The van der Waals surface area contributed by atoms with Gasteiger partial charge in [-0.2, -0.15) is 5.26 Å². The number of carbonyl (C=O) groups excluding carboxylic acids is 1. The van der Waals surface area contributed by atoms with Crippen molar-refractivity contribution in [2.75, 3.05) is 26.8 Å². The summed E-state index contributed by atoms with van der Waals surface area (Å²) in [5.41, 5.74) is 1.02. The Balaban J connectivity index is 2.08. The van der Waals surface area contributed by atoms with Crippen LogP contribution in [0.3, 0.4) is 0 Å². The molecule has 0 aromatic heterocycles. The number of hydrogen-bond acceptors (Lipinski definition) is 4. The Morgan fingerprint density at radius 3 is 2.85 bits per heavy atom. The van der Waals surface area contributed by atoms with Crippen LogP contribution in [0.2, 0.25) is 0 Å². The highest BCUT2D eigenvalue weighted by Crippen LogP contribution is 2.18. The average Bonchev–Trinajstić information content (AvgIpc) is 2.95. The van der Waals surface area contributed by atoms with E-state index in [1.165, 1.54) is 0 Å². The minimum atomic E-state index is -0.211. The molecule has 5 heteroatoms. The van der Waals surface area contributed by atoms with E-state index in [2.05, 4.69) is 11.4 Å². The maximum absolute atomic E-state index is 12.6. The van der Waals surface area contributed by atoms with E-state index in [0.717, 1.165) is 5.56 Å². The van der Waals surface area contributed by atoms with E-state index in [4.69, 9.17) is 10.00 Å². The van der Waals surface area contributed by atoms with Crippen molar-refractivity contribution in [1.29, 1.82) is 5.26 Å². The van der Waals surface area contributed by atoms with E-state index in [-0.39, 0.29) is 24.4 Å². The number of rotatable bonds is 5. The van der Waals surface area contributed by atoms with Gasteiger partial charge in [0.25, 0.3) is 0 Å². The Bertz CT molecular complexity index is 484. The predicted octanol–water partition coefficient (Wildman–Crippen LogP) is 0.773. The number of amides is 1. The van der Waals surface area contributed by atoms with Gasteiger partial charge in [0.1, 0.15) is 6.54 Å². The van der Waals surface area contributed by atoms with Crippen molar-refractivity contribution in [3.63, 3.8) is 0 Å². The Morgan fingerprint density at radius 1 is 1.45 bits per heavy atom. The number of carbonyl (C=O) groups is 1. The smallest absolute Gasteiger partial charge is 0.230 e. The molecule has 5 nitrogen and oxygen atoms in total. The number of ether oxygens (including phenoxy) is 1. The van der Waals surface area contributed by atoms with Gasteiger partial charge in [0.05, 0.1) is 25.2 Å². The Hall–Kier alpha value is -1.90. The van der Waals surface area contributed by atoms with Crippen molar-refractivity contribution < 1.29 is 9.53 Å². The summed E-state index contributed by atoms with van der Waals surface area (Å²) in [7, 11) is 1.82. The van der Waals surface area contributed by atoms with Gasteiger partial charge in [0.2, 0.25) is 5.91 Å². The van der Waals surface area contributed by atoms with Gasteiger partial charge in [0.15, 0.2) is 0 Å². The molecule has 20 heavy (non-hydrogen) atoms. The monoisotopic (exact) mass is 273 g/mol. The molecule has 0 radical (unpaired) electrons. The second kappa shape index (κ2) is 7.04. The predicted molar refractivity (Wildman–Crippen MR) is 74.6 cm³/mol. The Morgan fingerprint density at radius 2 is 2.20 bits per heavy atom. The molecule has 2 unspecified atom stereocenters. The zero-order chi connectivity index (χ0) is 14.4.